The Morgan fingerprint density at radius 2 is 1.71 bits per heavy atom. The molecule has 1 amide bonds. The van der Waals surface area contributed by atoms with Gasteiger partial charge in [0.25, 0.3) is 5.91 Å². The molecule has 0 saturated heterocycles. The fraction of sp³-hybridized carbons (Fsp3) is 0.562. The number of aryl methyl sites for hydroxylation is 1. The van der Waals surface area contributed by atoms with E-state index in [0.29, 0.717) is 12.0 Å². The molecule has 0 saturated carbocycles. The molecule has 6 heteroatoms. The predicted octanol–water partition coefficient (Wildman–Crippen LogP) is 6.97. The predicted molar refractivity (Wildman–Crippen MR) is 164 cm³/mol. The van der Waals surface area contributed by atoms with Crippen LogP contribution in [0, 0.1) is 6.92 Å². The van der Waals surface area contributed by atoms with Gasteiger partial charge < -0.3 is 15.0 Å². The lowest BCUT2D eigenvalue weighted by atomic mass is 9.94. The van der Waals surface area contributed by atoms with Gasteiger partial charge in [0.2, 0.25) is 0 Å². The van der Waals surface area contributed by atoms with E-state index in [-0.39, 0.29) is 5.91 Å². The highest BCUT2D eigenvalue weighted by Crippen LogP contribution is 2.25. The molecule has 0 aliphatic heterocycles. The van der Waals surface area contributed by atoms with Crippen LogP contribution in [-0.2, 0) is 14.3 Å². The Balaban J connectivity index is 3.22. The molecule has 1 aromatic carbocycles. The van der Waals surface area contributed by atoms with Gasteiger partial charge in [-0.2, -0.15) is 11.8 Å². The Morgan fingerprint density at radius 3 is 2.29 bits per heavy atom. The van der Waals surface area contributed by atoms with Crippen molar-refractivity contribution in [2.75, 3.05) is 38.8 Å². The number of carbonyl (C=O) groups is 2. The molecule has 1 aromatic rings. The number of esters is 1. The number of nitrogens with one attached hydrogen (secondary N) is 1. The average Bonchev–Trinajstić information content (AvgIpc) is 2.93. The highest BCUT2D eigenvalue weighted by atomic mass is 32.2. The number of rotatable bonds is 19. The quantitative estimate of drug-likeness (QED) is 0.0885. The van der Waals surface area contributed by atoms with Crippen molar-refractivity contribution in [2.24, 2.45) is 0 Å². The number of unbranched alkanes of at least 4 members (excludes halogenated alkanes) is 3. The molecule has 0 aromatic heterocycles. The van der Waals surface area contributed by atoms with E-state index in [9.17, 15) is 9.59 Å². The van der Waals surface area contributed by atoms with E-state index in [1.54, 1.807) is 11.8 Å². The number of allylic oxidation sites excluding steroid dienone is 4. The molecule has 0 radical (unpaired) electrons. The minimum Gasteiger partial charge on any atom is -0.467 e. The number of thioether (sulfide) groups is 1. The molecule has 38 heavy (non-hydrogen) atoms. The molecule has 5 nitrogen and oxygen atoms in total. The molecular formula is C32H50N2O3S. The summed E-state index contributed by atoms with van der Waals surface area (Å²) in [6.45, 7) is 11.9. The highest BCUT2D eigenvalue weighted by molar-refractivity contribution is 7.98. The summed E-state index contributed by atoms with van der Waals surface area (Å²) in [5, 5.41) is 2.94. The van der Waals surface area contributed by atoms with Gasteiger partial charge >= 0.3 is 5.97 Å². The molecule has 0 aliphatic carbocycles. The fourth-order valence-corrected chi connectivity index (χ4v) is 4.72. The maximum atomic E-state index is 13.6. The van der Waals surface area contributed by atoms with Gasteiger partial charge in [-0.05, 0) is 94.3 Å². The van der Waals surface area contributed by atoms with Gasteiger partial charge in [-0.1, -0.05) is 75.3 Å². The second kappa shape index (κ2) is 20.6. The second-order valence-corrected chi connectivity index (χ2v) is 10.6. The number of methoxy groups -OCH3 is 1. The van der Waals surface area contributed by atoms with Crippen molar-refractivity contribution in [3.05, 3.63) is 65.3 Å². The highest BCUT2D eigenvalue weighted by Gasteiger charge is 2.23. The van der Waals surface area contributed by atoms with Gasteiger partial charge in [0, 0.05) is 5.57 Å². The summed E-state index contributed by atoms with van der Waals surface area (Å²) in [5.74, 6) is 0.0598. The number of nitrogens with zero attached hydrogens (tertiary/aromatic N) is 1. The number of ether oxygens (including phenoxy) is 1. The van der Waals surface area contributed by atoms with E-state index in [2.05, 4.69) is 55.3 Å². The number of hydrogen-bond acceptors (Lipinski definition) is 5. The first kappa shape index (κ1) is 33.7. The van der Waals surface area contributed by atoms with E-state index >= 15 is 0 Å². The fourth-order valence-electron chi connectivity index (χ4n) is 4.25. The second-order valence-electron chi connectivity index (χ2n) is 9.57. The van der Waals surface area contributed by atoms with Gasteiger partial charge in [0.05, 0.1) is 7.11 Å². The largest absolute Gasteiger partial charge is 0.467 e. The lowest BCUT2D eigenvalue weighted by Gasteiger charge is -2.21. The number of hydrogen-bond donors (Lipinski definition) is 1. The van der Waals surface area contributed by atoms with Crippen molar-refractivity contribution in [1.29, 1.82) is 0 Å². The summed E-state index contributed by atoms with van der Waals surface area (Å²) in [6, 6.07) is 7.43. The molecular weight excluding hydrogens is 492 g/mol. The zero-order valence-corrected chi connectivity index (χ0v) is 25.4. The molecule has 0 fully saturated rings. The van der Waals surface area contributed by atoms with Gasteiger partial charge in [0.15, 0.2) is 0 Å². The van der Waals surface area contributed by atoms with E-state index in [4.69, 9.17) is 4.74 Å². The van der Waals surface area contributed by atoms with Crippen molar-refractivity contribution in [1.82, 2.24) is 10.2 Å². The molecule has 0 aliphatic rings. The molecule has 212 valence electrons. The maximum absolute atomic E-state index is 13.6. The Morgan fingerprint density at radius 1 is 1.05 bits per heavy atom. The zero-order chi connectivity index (χ0) is 28.2. The zero-order valence-electron chi connectivity index (χ0n) is 24.6. The summed E-state index contributed by atoms with van der Waals surface area (Å²) in [4.78, 5) is 28.5. The molecule has 1 rings (SSSR count). The molecule has 1 atom stereocenters. The van der Waals surface area contributed by atoms with Crippen LogP contribution in [-0.4, -0.2) is 61.6 Å². The van der Waals surface area contributed by atoms with E-state index in [0.717, 1.165) is 54.9 Å². The minimum absolute atomic E-state index is 0.271. The Hall–Kier alpha value is -2.31. The molecule has 1 N–H and O–H groups in total. The molecule has 0 bridgehead atoms. The SMILES string of the molecule is C\C=C/C(C(=O)NC(CCSC)C(=O)OC)=C(\C=C\CCCN(CCCC)CCCC)c1ccccc1C. The third-order valence-electron chi connectivity index (χ3n) is 6.49. The molecule has 0 spiro atoms. The molecule has 0 heterocycles. The average molecular weight is 543 g/mol. The van der Waals surface area contributed by atoms with Crippen LogP contribution in [0.25, 0.3) is 5.57 Å². The van der Waals surface area contributed by atoms with Crippen LogP contribution >= 0.6 is 11.8 Å². The smallest absolute Gasteiger partial charge is 0.328 e. The van der Waals surface area contributed by atoms with Gasteiger partial charge in [-0.25, -0.2) is 4.79 Å². The summed E-state index contributed by atoms with van der Waals surface area (Å²) < 4.78 is 4.96. The maximum Gasteiger partial charge on any atom is 0.328 e. The summed E-state index contributed by atoms with van der Waals surface area (Å²) in [7, 11) is 1.36. The number of benzene rings is 1. The van der Waals surface area contributed by atoms with Crippen molar-refractivity contribution >= 4 is 29.2 Å². The lowest BCUT2D eigenvalue weighted by Crippen LogP contribution is -2.42. The van der Waals surface area contributed by atoms with Crippen LogP contribution in [0.1, 0.15) is 76.8 Å². The monoisotopic (exact) mass is 542 g/mol. The first-order valence-electron chi connectivity index (χ1n) is 14.1. The van der Waals surface area contributed by atoms with E-state index in [1.165, 1.54) is 32.8 Å². The Labute approximate surface area is 236 Å². The summed E-state index contributed by atoms with van der Waals surface area (Å²) >= 11 is 1.64. The van der Waals surface area contributed by atoms with Crippen molar-refractivity contribution in [2.45, 2.75) is 78.7 Å². The third kappa shape index (κ3) is 12.5. The van der Waals surface area contributed by atoms with Crippen molar-refractivity contribution < 1.29 is 14.3 Å². The third-order valence-corrected chi connectivity index (χ3v) is 7.13. The minimum atomic E-state index is -0.681. The van der Waals surface area contributed by atoms with Crippen LogP contribution in [0.5, 0.6) is 0 Å². The van der Waals surface area contributed by atoms with Crippen LogP contribution in [0.15, 0.2) is 54.1 Å². The van der Waals surface area contributed by atoms with Crippen molar-refractivity contribution in [3.63, 3.8) is 0 Å². The topological polar surface area (TPSA) is 58.6 Å². The van der Waals surface area contributed by atoms with Crippen LogP contribution in [0.4, 0.5) is 0 Å². The summed E-state index contributed by atoms with van der Waals surface area (Å²) in [5.41, 5.74) is 3.52. The van der Waals surface area contributed by atoms with Crippen LogP contribution < -0.4 is 5.32 Å². The first-order valence-corrected chi connectivity index (χ1v) is 15.5. The first-order chi connectivity index (χ1) is 18.4. The van der Waals surface area contributed by atoms with Crippen molar-refractivity contribution in [3.8, 4) is 0 Å². The lowest BCUT2D eigenvalue weighted by molar-refractivity contribution is -0.144. The van der Waals surface area contributed by atoms with Gasteiger partial charge in [-0.3, -0.25) is 4.79 Å². The Kier molecular flexibility index (Phi) is 18.3. The normalized spacial score (nSPS) is 13.2. The van der Waals surface area contributed by atoms with E-state index in [1.807, 2.05) is 37.5 Å². The van der Waals surface area contributed by atoms with Crippen LogP contribution in [0.2, 0.25) is 0 Å². The van der Waals surface area contributed by atoms with Gasteiger partial charge in [-0.15, -0.1) is 0 Å². The molecule has 1 unspecified atom stereocenters. The van der Waals surface area contributed by atoms with E-state index < -0.39 is 12.0 Å². The standard InChI is InChI=1S/C32H50N2O3S/c1-7-10-22-34(23-11-8-2)24-16-12-13-20-28(27-19-15-14-18-26(27)4)29(17-9-3)31(35)33-30(21-25-38-6)32(36)37-5/h9,13-15,17-20,30H,7-8,10-12,16,21-25H2,1-6H3,(H,33,35)/b17-9-,20-13+,29-28-. The number of amides is 1. The number of carbonyl (C=O) groups excluding carboxylic acids is 2. The van der Waals surface area contributed by atoms with Gasteiger partial charge in [0.1, 0.15) is 6.04 Å². The summed E-state index contributed by atoms with van der Waals surface area (Å²) in [6.07, 6.45) is 17.4. The van der Waals surface area contributed by atoms with Crippen LogP contribution in [0.3, 0.4) is 0 Å². The Bertz CT molecular complexity index is 915.